The Balaban J connectivity index is 1.75. The van der Waals surface area contributed by atoms with E-state index in [4.69, 9.17) is 0 Å². The molecule has 1 aromatic heterocycles. The van der Waals surface area contributed by atoms with Gasteiger partial charge < -0.3 is 0 Å². The van der Waals surface area contributed by atoms with Crippen LogP contribution in [-0.4, -0.2) is 39.2 Å². The van der Waals surface area contributed by atoms with Gasteiger partial charge >= 0.3 is 6.03 Å². The summed E-state index contributed by atoms with van der Waals surface area (Å²) in [6, 6.07) is 15.1. The van der Waals surface area contributed by atoms with Gasteiger partial charge in [-0.3, -0.25) is 25.1 Å². The number of benzene rings is 2. The summed E-state index contributed by atoms with van der Waals surface area (Å²) in [6.45, 7) is -0.0976. The summed E-state index contributed by atoms with van der Waals surface area (Å²) >= 11 is 0. The van der Waals surface area contributed by atoms with Crippen LogP contribution in [0.15, 0.2) is 59.4 Å². The van der Waals surface area contributed by atoms with Gasteiger partial charge in [0, 0.05) is 5.39 Å². The van der Waals surface area contributed by atoms with E-state index in [9.17, 15) is 19.2 Å². The molecule has 4 amide bonds. The topological polar surface area (TPSA) is 113 Å². The van der Waals surface area contributed by atoms with Gasteiger partial charge in [0.1, 0.15) is 6.54 Å². The van der Waals surface area contributed by atoms with Gasteiger partial charge in [0.25, 0.3) is 11.5 Å². The first-order valence-electron chi connectivity index (χ1n) is 8.49. The van der Waals surface area contributed by atoms with Crippen LogP contribution in [0.3, 0.4) is 0 Å². The molecule has 2 N–H and O–H groups in total. The van der Waals surface area contributed by atoms with Crippen molar-refractivity contribution >= 4 is 28.6 Å². The third-order valence-corrected chi connectivity index (χ3v) is 4.29. The second kappa shape index (κ2) is 6.95. The average molecular weight is 377 g/mol. The number of carbonyl (C=O) groups excluding carboxylic acids is 3. The molecular formula is C19H15N5O4. The molecule has 0 radical (unpaired) electrons. The first-order valence-corrected chi connectivity index (χ1v) is 8.49. The van der Waals surface area contributed by atoms with Crippen molar-refractivity contribution in [1.29, 1.82) is 0 Å². The van der Waals surface area contributed by atoms with Gasteiger partial charge in [-0.15, -0.1) is 0 Å². The van der Waals surface area contributed by atoms with Gasteiger partial charge in [0.05, 0.1) is 11.9 Å². The zero-order valence-electron chi connectivity index (χ0n) is 14.6. The number of hydrogen-bond acceptors (Lipinski definition) is 5. The van der Waals surface area contributed by atoms with Gasteiger partial charge in [0.2, 0.25) is 5.91 Å². The Morgan fingerprint density at radius 1 is 1.00 bits per heavy atom. The first kappa shape index (κ1) is 17.4. The Hall–Kier alpha value is -4.01. The lowest BCUT2D eigenvalue weighted by Gasteiger charge is -2.16. The van der Waals surface area contributed by atoms with E-state index >= 15 is 0 Å². The van der Waals surface area contributed by atoms with E-state index < -0.39 is 17.8 Å². The van der Waals surface area contributed by atoms with Crippen LogP contribution < -0.4 is 16.3 Å². The fourth-order valence-corrected chi connectivity index (χ4v) is 2.97. The Morgan fingerprint density at radius 2 is 1.68 bits per heavy atom. The molecule has 0 aliphatic carbocycles. The molecule has 0 saturated carbocycles. The molecule has 1 fully saturated rings. The van der Waals surface area contributed by atoms with Gasteiger partial charge in [-0.05, 0) is 11.6 Å². The Bertz CT molecular complexity index is 1160. The highest BCUT2D eigenvalue weighted by Crippen LogP contribution is 2.14. The van der Waals surface area contributed by atoms with Crippen molar-refractivity contribution in [2.75, 3.05) is 6.54 Å². The molecule has 0 spiro atoms. The van der Waals surface area contributed by atoms with Crippen LogP contribution >= 0.6 is 0 Å². The predicted molar refractivity (Wildman–Crippen MR) is 99.3 cm³/mol. The van der Waals surface area contributed by atoms with E-state index in [-0.39, 0.29) is 24.3 Å². The number of fused-ring (bicyclic) bond motifs is 1. The highest BCUT2D eigenvalue weighted by molar-refractivity contribution is 6.07. The highest BCUT2D eigenvalue weighted by Gasteiger charge is 2.29. The molecule has 0 bridgehead atoms. The second-order valence-electron chi connectivity index (χ2n) is 6.22. The number of aromatic nitrogens is 2. The molecule has 0 unspecified atom stereocenters. The van der Waals surface area contributed by atoms with Crippen molar-refractivity contribution in [3.8, 4) is 0 Å². The molecule has 28 heavy (non-hydrogen) atoms. The zero-order valence-corrected chi connectivity index (χ0v) is 14.6. The van der Waals surface area contributed by atoms with Crippen LogP contribution in [0.5, 0.6) is 0 Å². The normalized spacial score (nSPS) is 13.6. The minimum absolute atomic E-state index is 0.0155. The van der Waals surface area contributed by atoms with E-state index in [1.807, 2.05) is 30.3 Å². The fraction of sp³-hybridized carbons (Fsp3) is 0.105. The molecule has 1 aliphatic rings. The van der Waals surface area contributed by atoms with Crippen molar-refractivity contribution in [1.82, 2.24) is 25.5 Å². The molecule has 4 rings (SSSR count). The third-order valence-electron chi connectivity index (χ3n) is 4.29. The molecule has 0 atom stereocenters. The van der Waals surface area contributed by atoms with Crippen molar-refractivity contribution in [2.45, 2.75) is 6.54 Å². The van der Waals surface area contributed by atoms with Crippen LogP contribution in [0, 0.1) is 0 Å². The standard InChI is InChI=1S/C19H15N5O4/c25-15-11-24(19(28)20-15)22-17(26)16-13-8-4-5-9-14(13)18(27)23(21-16)10-12-6-2-1-3-7-12/h1-9H,10-11H2,(H,22,26)(H,20,25,28). The molecular weight excluding hydrogens is 362 g/mol. The number of carbonyl (C=O) groups is 3. The van der Waals surface area contributed by atoms with Crippen molar-refractivity contribution < 1.29 is 14.4 Å². The van der Waals surface area contributed by atoms with Crippen molar-refractivity contribution in [3.63, 3.8) is 0 Å². The van der Waals surface area contributed by atoms with Crippen LogP contribution in [0.25, 0.3) is 10.8 Å². The Kier molecular flexibility index (Phi) is 4.32. The molecule has 140 valence electrons. The molecule has 9 nitrogen and oxygen atoms in total. The largest absolute Gasteiger partial charge is 0.343 e. The third kappa shape index (κ3) is 3.20. The molecule has 9 heteroatoms. The first-order chi connectivity index (χ1) is 13.5. The maximum atomic E-state index is 12.8. The lowest BCUT2D eigenvalue weighted by molar-refractivity contribution is -0.118. The maximum absolute atomic E-state index is 12.8. The van der Waals surface area contributed by atoms with E-state index in [2.05, 4.69) is 15.8 Å². The van der Waals surface area contributed by atoms with E-state index in [0.717, 1.165) is 10.6 Å². The molecule has 2 aromatic carbocycles. The lowest BCUT2D eigenvalue weighted by Crippen LogP contribution is -2.45. The average Bonchev–Trinajstić information content (AvgIpc) is 3.01. The molecule has 1 saturated heterocycles. The Morgan fingerprint density at radius 3 is 2.36 bits per heavy atom. The van der Waals surface area contributed by atoms with Gasteiger partial charge in [0.15, 0.2) is 5.69 Å². The number of nitrogens with one attached hydrogen (secondary N) is 2. The summed E-state index contributed by atoms with van der Waals surface area (Å²) in [5.41, 5.74) is 2.87. The number of hydrogen-bond donors (Lipinski definition) is 2. The van der Waals surface area contributed by atoms with Crippen LogP contribution in [0.2, 0.25) is 0 Å². The van der Waals surface area contributed by atoms with Crippen molar-refractivity contribution in [3.05, 3.63) is 76.2 Å². The number of urea groups is 1. The monoisotopic (exact) mass is 377 g/mol. The summed E-state index contributed by atoms with van der Waals surface area (Å²) in [5.74, 6) is -1.21. The van der Waals surface area contributed by atoms with Gasteiger partial charge in [-0.25, -0.2) is 14.5 Å². The van der Waals surface area contributed by atoms with E-state index in [0.29, 0.717) is 10.8 Å². The summed E-state index contributed by atoms with van der Waals surface area (Å²) in [6.07, 6.45) is 0. The van der Waals surface area contributed by atoms with Crippen LogP contribution in [0.1, 0.15) is 16.1 Å². The second-order valence-corrected chi connectivity index (χ2v) is 6.22. The smallest absolute Gasteiger partial charge is 0.275 e. The molecule has 2 heterocycles. The van der Waals surface area contributed by atoms with Gasteiger partial charge in [-0.1, -0.05) is 48.5 Å². The number of rotatable bonds is 4. The molecule has 3 aromatic rings. The number of hydrazine groups is 1. The summed E-state index contributed by atoms with van der Waals surface area (Å²) in [7, 11) is 0. The van der Waals surface area contributed by atoms with E-state index in [1.54, 1.807) is 24.3 Å². The van der Waals surface area contributed by atoms with E-state index in [1.165, 1.54) is 4.68 Å². The minimum atomic E-state index is -0.722. The predicted octanol–water partition coefficient (Wildman–Crippen LogP) is 0.641. The summed E-state index contributed by atoms with van der Waals surface area (Å²) < 4.78 is 1.21. The number of nitrogens with zero attached hydrogens (tertiary/aromatic N) is 3. The SMILES string of the molecule is O=C1CN(NC(=O)c2nn(Cc3ccccc3)c(=O)c3ccccc23)C(=O)N1. The lowest BCUT2D eigenvalue weighted by atomic mass is 10.1. The summed E-state index contributed by atoms with van der Waals surface area (Å²) in [5, 5.41) is 7.87. The molecule has 1 aliphatic heterocycles. The zero-order chi connectivity index (χ0) is 19.7. The Labute approximate surface area is 158 Å². The number of amides is 4. The maximum Gasteiger partial charge on any atom is 0.343 e. The number of imide groups is 1. The minimum Gasteiger partial charge on any atom is -0.275 e. The quantitative estimate of drug-likeness (QED) is 0.648. The van der Waals surface area contributed by atoms with Crippen LogP contribution in [-0.2, 0) is 11.3 Å². The highest BCUT2D eigenvalue weighted by atomic mass is 16.2. The van der Waals surface area contributed by atoms with Gasteiger partial charge in [-0.2, -0.15) is 5.10 Å². The van der Waals surface area contributed by atoms with Crippen molar-refractivity contribution in [2.24, 2.45) is 0 Å². The fourth-order valence-electron chi connectivity index (χ4n) is 2.97. The summed E-state index contributed by atoms with van der Waals surface area (Å²) in [4.78, 5) is 48.5. The van der Waals surface area contributed by atoms with Crippen LogP contribution in [0.4, 0.5) is 4.79 Å².